The van der Waals surface area contributed by atoms with Crippen molar-refractivity contribution in [3.05, 3.63) is 76.9 Å². The molecule has 0 fully saturated rings. The van der Waals surface area contributed by atoms with Crippen molar-refractivity contribution < 1.29 is 24.5 Å². The number of unbranched alkanes of at least 4 members (excludes halogenated alkanes) is 2. The molecule has 48 heavy (non-hydrogen) atoms. The van der Waals surface area contributed by atoms with Crippen LogP contribution in [0.25, 0.3) is 0 Å². The zero-order chi connectivity index (χ0) is 33.8. The predicted octanol–water partition coefficient (Wildman–Crippen LogP) is 3.55. The lowest BCUT2D eigenvalue weighted by Crippen LogP contribution is -2.36. The Kier molecular flexibility index (Phi) is 9.12. The van der Waals surface area contributed by atoms with Gasteiger partial charge in [-0.2, -0.15) is 15.0 Å². The molecule has 0 radical (unpaired) electrons. The van der Waals surface area contributed by atoms with Gasteiger partial charge in [0.25, 0.3) is 0 Å². The number of aromatic hydroxyl groups is 2. The number of carbonyl (C=O) groups is 2. The quantitative estimate of drug-likeness (QED) is 0.0845. The van der Waals surface area contributed by atoms with Crippen LogP contribution >= 0.6 is 12.2 Å². The van der Waals surface area contributed by atoms with Gasteiger partial charge in [0.2, 0.25) is 23.8 Å². The molecule has 1 amide bonds. The summed E-state index contributed by atoms with van der Waals surface area (Å²) >= 11 is 5.46. The van der Waals surface area contributed by atoms with Crippen molar-refractivity contribution in [1.29, 1.82) is 0 Å². The Hall–Kier alpha value is -5.70. The summed E-state index contributed by atoms with van der Waals surface area (Å²) in [6, 6.07) is 15.3. The molecular weight excluding hydrogens is 634 g/mol. The number of thiocarbonyl (C=S) groups is 1. The van der Waals surface area contributed by atoms with Gasteiger partial charge in [0.1, 0.15) is 23.0 Å². The molecule has 0 unspecified atom stereocenters. The summed E-state index contributed by atoms with van der Waals surface area (Å²) in [6.45, 7) is 1.42. The molecule has 4 aromatic rings. The molecule has 248 valence electrons. The van der Waals surface area contributed by atoms with Crippen LogP contribution in [-0.2, 0) is 10.2 Å². The summed E-state index contributed by atoms with van der Waals surface area (Å²) in [4.78, 5) is 37.4. The summed E-state index contributed by atoms with van der Waals surface area (Å²) in [5.74, 6) is 1.27. The Morgan fingerprint density at radius 1 is 0.833 bits per heavy atom. The van der Waals surface area contributed by atoms with Crippen molar-refractivity contribution in [1.82, 2.24) is 25.6 Å². The summed E-state index contributed by atoms with van der Waals surface area (Å²) in [5.41, 5.74) is 13.8. The topological polar surface area (TPSA) is 223 Å². The number of hydrogen-bond acceptors (Lipinski definition) is 12. The lowest BCUT2D eigenvalue weighted by Gasteiger charge is -2.37. The molecule has 10 N–H and O–H groups in total. The third kappa shape index (κ3) is 6.71. The first-order chi connectivity index (χ1) is 23.1. The molecule has 0 bridgehead atoms. The van der Waals surface area contributed by atoms with Crippen LogP contribution in [0, 0.1) is 0 Å². The molecule has 2 aliphatic rings. The van der Waals surface area contributed by atoms with E-state index in [-0.39, 0.29) is 41.5 Å². The average molecular weight is 670 g/mol. The van der Waals surface area contributed by atoms with Crippen molar-refractivity contribution in [2.75, 3.05) is 41.7 Å². The maximum absolute atomic E-state index is 13.5. The van der Waals surface area contributed by atoms with Crippen LogP contribution in [0.2, 0.25) is 0 Å². The van der Waals surface area contributed by atoms with Crippen LogP contribution < -0.4 is 37.5 Å². The molecule has 1 spiro atoms. The summed E-state index contributed by atoms with van der Waals surface area (Å²) in [7, 11) is 0. The summed E-state index contributed by atoms with van der Waals surface area (Å²) in [6.07, 6.45) is 2.96. The number of hydrogen-bond donors (Lipinski definition) is 8. The van der Waals surface area contributed by atoms with Gasteiger partial charge >= 0.3 is 0 Å². The molecule has 0 saturated heterocycles. The highest BCUT2D eigenvalue weighted by Crippen LogP contribution is 2.58. The number of Topliss-reactive ketones (excluding diaryl/α,β-unsaturated/α-hetero) is 1. The number of benzene rings is 3. The summed E-state index contributed by atoms with van der Waals surface area (Å²) < 4.78 is 6.06. The monoisotopic (exact) mass is 669 g/mol. The largest absolute Gasteiger partial charge is 0.508 e. The summed E-state index contributed by atoms with van der Waals surface area (Å²) in [5, 5.41) is 32.8. The maximum Gasteiger partial charge on any atom is 0.229 e. The average Bonchev–Trinajstić information content (AvgIpc) is 3.31. The van der Waals surface area contributed by atoms with Crippen LogP contribution in [0.1, 0.15) is 59.2 Å². The first kappa shape index (κ1) is 32.2. The fourth-order valence-corrected chi connectivity index (χ4v) is 6.43. The first-order valence-electron chi connectivity index (χ1n) is 15.5. The second-order valence-corrected chi connectivity index (χ2v) is 12.0. The molecule has 1 aliphatic carbocycles. The van der Waals surface area contributed by atoms with Crippen molar-refractivity contribution >= 4 is 52.6 Å². The van der Waals surface area contributed by atoms with E-state index in [1.165, 1.54) is 12.1 Å². The number of anilines is 4. The Morgan fingerprint density at radius 2 is 1.48 bits per heavy atom. The highest BCUT2D eigenvalue weighted by molar-refractivity contribution is 7.80. The van der Waals surface area contributed by atoms with Gasteiger partial charge < -0.3 is 47.7 Å². The number of phenolic OH excluding ortho intramolecular Hbond substituents is 2. The number of nitrogens with two attached hydrogens (primary N) is 2. The van der Waals surface area contributed by atoms with Crippen molar-refractivity contribution in [3.8, 4) is 23.0 Å². The molecule has 6 rings (SSSR count). The SMILES string of the molecule is Nc1nc(N)nc(NCCCCCC(=O)NCCNC(=S)Nc2ccc3c(c2)C(=O)CC32c3ccc(O)cc3Oc3cc(O)ccc32)n1. The van der Waals surface area contributed by atoms with Crippen LogP contribution in [0.4, 0.5) is 23.5 Å². The van der Waals surface area contributed by atoms with E-state index in [1.807, 2.05) is 12.1 Å². The van der Waals surface area contributed by atoms with Gasteiger partial charge in [-0.15, -0.1) is 0 Å². The third-order valence-electron chi connectivity index (χ3n) is 8.30. The smallest absolute Gasteiger partial charge is 0.229 e. The molecule has 15 heteroatoms. The van der Waals surface area contributed by atoms with Gasteiger partial charge in [0.15, 0.2) is 10.9 Å². The minimum Gasteiger partial charge on any atom is -0.508 e. The predicted molar refractivity (Wildman–Crippen MR) is 184 cm³/mol. The van der Waals surface area contributed by atoms with Gasteiger partial charge in [-0.05, 0) is 54.9 Å². The van der Waals surface area contributed by atoms with E-state index in [9.17, 15) is 19.8 Å². The fourth-order valence-electron chi connectivity index (χ4n) is 6.21. The Bertz CT molecular complexity index is 1830. The molecule has 1 aromatic heterocycles. The van der Waals surface area contributed by atoms with Gasteiger partial charge in [-0.3, -0.25) is 9.59 Å². The molecule has 14 nitrogen and oxygen atoms in total. The van der Waals surface area contributed by atoms with Gasteiger partial charge in [-0.25, -0.2) is 0 Å². The number of aromatic nitrogens is 3. The van der Waals surface area contributed by atoms with E-state index >= 15 is 0 Å². The molecule has 3 aromatic carbocycles. The number of nitrogens with zero attached hydrogens (tertiary/aromatic N) is 3. The normalized spacial score (nSPS) is 13.5. The van der Waals surface area contributed by atoms with Crippen molar-refractivity contribution in [2.45, 2.75) is 37.5 Å². The van der Waals surface area contributed by atoms with E-state index in [1.54, 1.807) is 30.3 Å². The lowest BCUT2D eigenvalue weighted by atomic mass is 9.68. The number of nitrogens with one attached hydrogen (secondary N) is 4. The van der Waals surface area contributed by atoms with Crippen LogP contribution in [0.5, 0.6) is 23.0 Å². The number of phenols is 2. The number of nitrogen functional groups attached to an aromatic ring is 2. The minimum atomic E-state index is -0.845. The highest BCUT2D eigenvalue weighted by Gasteiger charge is 2.51. The van der Waals surface area contributed by atoms with E-state index in [0.29, 0.717) is 59.9 Å². The fraction of sp³-hybridized carbons (Fsp3) is 0.273. The standard InChI is InChI=1S/C33H35N9O5S/c34-29-40-30(35)42-31(41-29)37-11-3-1-2-4-28(46)36-12-13-38-32(48)39-18-5-8-22-21(14-18)25(45)17-33(22)23-9-6-19(43)15-26(23)47-27-16-20(44)7-10-24(27)33/h5-10,14-16,43-44H,1-4,11-13,17H2,(H,36,46)(H2,38,39,48)(H5,34,35,37,40,41,42). The van der Waals surface area contributed by atoms with E-state index in [4.69, 9.17) is 28.4 Å². The third-order valence-corrected chi connectivity index (χ3v) is 8.55. The van der Waals surface area contributed by atoms with Crippen LogP contribution in [-0.4, -0.2) is 61.6 Å². The second-order valence-electron chi connectivity index (χ2n) is 11.6. The van der Waals surface area contributed by atoms with Gasteiger partial charge in [-0.1, -0.05) is 24.6 Å². The van der Waals surface area contributed by atoms with Crippen LogP contribution in [0.15, 0.2) is 54.6 Å². The number of carbonyl (C=O) groups excluding carboxylic acids is 2. The molecule has 0 saturated carbocycles. The molecule has 2 heterocycles. The molecule has 1 aliphatic heterocycles. The van der Waals surface area contributed by atoms with E-state index in [2.05, 4.69) is 36.2 Å². The zero-order valence-corrected chi connectivity index (χ0v) is 26.7. The molecular formula is C33H35N9O5S. The van der Waals surface area contributed by atoms with Crippen LogP contribution in [0.3, 0.4) is 0 Å². The Labute approximate surface area is 281 Å². The lowest BCUT2D eigenvalue weighted by molar-refractivity contribution is -0.121. The number of rotatable bonds is 11. The number of amides is 1. The second kappa shape index (κ2) is 13.6. The molecule has 0 atom stereocenters. The number of ether oxygens (including phenoxy) is 1. The van der Waals surface area contributed by atoms with Gasteiger partial charge in [0.05, 0.1) is 5.41 Å². The van der Waals surface area contributed by atoms with Crippen molar-refractivity contribution in [3.63, 3.8) is 0 Å². The first-order valence-corrected chi connectivity index (χ1v) is 15.9. The maximum atomic E-state index is 13.5. The highest BCUT2D eigenvalue weighted by atomic mass is 32.1. The van der Waals surface area contributed by atoms with E-state index in [0.717, 1.165) is 36.0 Å². The minimum absolute atomic E-state index is 0.0356. The Morgan fingerprint density at radius 3 is 2.17 bits per heavy atom. The Balaban J connectivity index is 0.986. The zero-order valence-electron chi connectivity index (χ0n) is 25.9. The van der Waals surface area contributed by atoms with E-state index < -0.39 is 5.41 Å². The number of ketones is 1. The van der Waals surface area contributed by atoms with Gasteiger partial charge in [0, 0.05) is 67.0 Å². The van der Waals surface area contributed by atoms with Crippen molar-refractivity contribution in [2.24, 2.45) is 0 Å². The number of fused-ring (bicyclic) bond motifs is 6.